The molecule has 0 atom stereocenters. The first kappa shape index (κ1) is 12.4. The highest BCUT2D eigenvalue weighted by molar-refractivity contribution is 6.01. The number of rotatable bonds is 3. The molecule has 0 heterocycles. The van der Waals surface area contributed by atoms with Crippen molar-refractivity contribution in [2.45, 2.75) is 6.42 Å². The molecule has 0 fully saturated rings. The summed E-state index contributed by atoms with van der Waals surface area (Å²) in [4.78, 5) is 4.62. The van der Waals surface area contributed by atoms with Crippen LogP contribution in [0.25, 0.3) is 0 Å². The summed E-state index contributed by atoms with van der Waals surface area (Å²) in [6.07, 6.45) is 7.09. The second-order valence-electron chi connectivity index (χ2n) is 4.68. The van der Waals surface area contributed by atoms with E-state index >= 15 is 0 Å². The van der Waals surface area contributed by atoms with E-state index in [1.165, 1.54) is 5.57 Å². The SMILES string of the molecule is C1=CC(=Nc2ccccc2)CC1=CNc1ccccc1. The summed E-state index contributed by atoms with van der Waals surface area (Å²) in [5, 5.41) is 3.30. The molecule has 2 heteroatoms. The Bertz CT molecular complexity index is 652. The van der Waals surface area contributed by atoms with Gasteiger partial charge in [0.05, 0.1) is 5.69 Å². The largest absolute Gasteiger partial charge is 0.361 e. The third-order valence-electron chi connectivity index (χ3n) is 3.10. The third kappa shape index (κ3) is 3.23. The van der Waals surface area contributed by atoms with E-state index in [9.17, 15) is 0 Å². The van der Waals surface area contributed by atoms with Crippen molar-refractivity contribution >= 4 is 17.1 Å². The monoisotopic (exact) mass is 260 g/mol. The number of anilines is 1. The predicted molar refractivity (Wildman–Crippen MR) is 85.4 cm³/mol. The molecular formula is C18H16N2. The highest BCUT2D eigenvalue weighted by Crippen LogP contribution is 2.19. The normalized spacial score (nSPS) is 17.8. The minimum absolute atomic E-state index is 0.870. The molecule has 1 N–H and O–H groups in total. The molecular weight excluding hydrogens is 244 g/mol. The van der Waals surface area contributed by atoms with E-state index in [2.05, 4.69) is 34.6 Å². The Morgan fingerprint density at radius 3 is 2.30 bits per heavy atom. The van der Waals surface area contributed by atoms with Crippen molar-refractivity contribution in [1.29, 1.82) is 0 Å². The van der Waals surface area contributed by atoms with Gasteiger partial charge in [-0.1, -0.05) is 42.5 Å². The number of hydrogen-bond donors (Lipinski definition) is 1. The lowest BCUT2D eigenvalue weighted by atomic mass is 10.2. The van der Waals surface area contributed by atoms with Gasteiger partial charge >= 0.3 is 0 Å². The molecule has 2 nitrogen and oxygen atoms in total. The quantitative estimate of drug-likeness (QED) is 0.848. The van der Waals surface area contributed by atoms with Crippen molar-refractivity contribution in [2.24, 2.45) is 4.99 Å². The Morgan fingerprint density at radius 2 is 1.55 bits per heavy atom. The smallest absolute Gasteiger partial charge is 0.0633 e. The van der Waals surface area contributed by atoms with Crippen LogP contribution in [0.2, 0.25) is 0 Å². The molecule has 2 aromatic rings. The predicted octanol–water partition coefficient (Wildman–Crippen LogP) is 4.72. The summed E-state index contributed by atoms with van der Waals surface area (Å²) in [5.74, 6) is 0. The van der Waals surface area contributed by atoms with E-state index < -0.39 is 0 Å². The van der Waals surface area contributed by atoms with Gasteiger partial charge in [0.15, 0.2) is 0 Å². The molecule has 1 aliphatic rings. The van der Waals surface area contributed by atoms with Crippen LogP contribution in [-0.4, -0.2) is 5.71 Å². The molecule has 20 heavy (non-hydrogen) atoms. The molecule has 0 unspecified atom stereocenters. The minimum Gasteiger partial charge on any atom is -0.361 e. The van der Waals surface area contributed by atoms with E-state index in [4.69, 9.17) is 0 Å². The first-order chi connectivity index (χ1) is 9.90. The lowest BCUT2D eigenvalue weighted by molar-refractivity contribution is 1.35. The van der Waals surface area contributed by atoms with Crippen molar-refractivity contribution in [3.05, 3.63) is 84.6 Å². The van der Waals surface area contributed by atoms with Crippen molar-refractivity contribution in [2.75, 3.05) is 5.32 Å². The summed E-state index contributed by atoms with van der Waals surface area (Å²) in [7, 11) is 0. The van der Waals surface area contributed by atoms with Crippen LogP contribution in [0.15, 0.2) is 89.6 Å². The Hall–Kier alpha value is -2.61. The Balaban J connectivity index is 1.66. The second kappa shape index (κ2) is 6.02. The van der Waals surface area contributed by atoms with Gasteiger partial charge < -0.3 is 5.32 Å². The molecule has 3 rings (SSSR count). The summed E-state index contributed by atoms with van der Waals surface area (Å²) >= 11 is 0. The molecule has 0 aliphatic heterocycles. The zero-order valence-corrected chi connectivity index (χ0v) is 11.2. The third-order valence-corrected chi connectivity index (χ3v) is 3.10. The molecule has 0 spiro atoms. The molecule has 98 valence electrons. The number of para-hydroxylation sites is 2. The van der Waals surface area contributed by atoms with Gasteiger partial charge in [-0.2, -0.15) is 0 Å². The number of allylic oxidation sites excluding steroid dienone is 3. The molecule has 0 saturated heterocycles. The molecule has 0 radical (unpaired) electrons. The highest BCUT2D eigenvalue weighted by Gasteiger charge is 2.06. The van der Waals surface area contributed by atoms with Crippen molar-refractivity contribution in [1.82, 2.24) is 0 Å². The Kier molecular flexibility index (Phi) is 3.74. The van der Waals surface area contributed by atoms with Gasteiger partial charge in [0.1, 0.15) is 0 Å². The van der Waals surface area contributed by atoms with Crippen molar-refractivity contribution < 1.29 is 0 Å². The van der Waals surface area contributed by atoms with Gasteiger partial charge in [-0.25, -0.2) is 0 Å². The van der Waals surface area contributed by atoms with Crippen LogP contribution in [-0.2, 0) is 0 Å². The second-order valence-corrected chi connectivity index (χ2v) is 4.68. The summed E-state index contributed by atoms with van der Waals surface area (Å²) in [6.45, 7) is 0. The zero-order chi connectivity index (χ0) is 13.6. The van der Waals surface area contributed by atoms with E-state index in [1.54, 1.807) is 0 Å². The lowest BCUT2D eigenvalue weighted by Gasteiger charge is -2.01. The van der Waals surface area contributed by atoms with Crippen LogP contribution in [0.1, 0.15) is 6.42 Å². The van der Waals surface area contributed by atoms with Gasteiger partial charge in [0.2, 0.25) is 0 Å². The van der Waals surface area contributed by atoms with Crippen LogP contribution >= 0.6 is 0 Å². The lowest BCUT2D eigenvalue weighted by Crippen LogP contribution is -1.91. The number of hydrogen-bond acceptors (Lipinski definition) is 2. The fourth-order valence-corrected chi connectivity index (χ4v) is 2.08. The van der Waals surface area contributed by atoms with Crippen LogP contribution in [0.4, 0.5) is 11.4 Å². The molecule has 0 amide bonds. The molecule has 0 saturated carbocycles. The van der Waals surface area contributed by atoms with Gasteiger partial charge in [0, 0.05) is 24.0 Å². The first-order valence-corrected chi connectivity index (χ1v) is 6.71. The number of aliphatic imine (C=N–C) groups is 1. The fraction of sp³-hybridized carbons (Fsp3) is 0.0556. The zero-order valence-electron chi connectivity index (χ0n) is 11.2. The average molecular weight is 260 g/mol. The number of benzene rings is 2. The van der Waals surface area contributed by atoms with E-state index in [0.29, 0.717) is 0 Å². The van der Waals surface area contributed by atoms with E-state index in [1.807, 2.05) is 54.7 Å². The van der Waals surface area contributed by atoms with Gasteiger partial charge in [-0.15, -0.1) is 0 Å². The maximum absolute atomic E-state index is 4.62. The standard InChI is InChI=1S/C18H16N2/c1-3-7-16(8-4-1)19-14-15-11-12-18(13-15)20-17-9-5-2-6-10-17/h1-12,14,19H,13H2. The number of nitrogens with zero attached hydrogens (tertiary/aromatic N) is 1. The van der Waals surface area contributed by atoms with Gasteiger partial charge in [-0.3, -0.25) is 4.99 Å². The fourth-order valence-electron chi connectivity index (χ4n) is 2.08. The van der Waals surface area contributed by atoms with Crippen LogP contribution in [0, 0.1) is 0 Å². The minimum atomic E-state index is 0.870. The Morgan fingerprint density at radius 1 is 0.850 bits per heavy atom. The van der Waals surface area contributed by atoms with E-state index in [-0.39, 0.29) is 0 Å². The molecule has 2 aromatic carbocycles. The summed E-state index contributed by atoms with van der Waals surface area (Å²) < 4.78 is 0. The first-order valence-electron chi connectivity index (χ1n) is 6.71. The molecule has 0 aromatic heterocycles. The van der Waals surface area contributed by atoms with Crippen molar-refractivity contribution in [3.8, 4) is 0 Å². The number of nitrogens with one attached hydrogen (secondary N) is 1. The van der Waals surface area contributed by atoms with Crippen molar-refractivity contribution in [3.63, 3.8) is 0 Å². The van der Waals surface area contributed by atoms with Gasteiger partial charge in [0.25, 0.3) is 0 Å². The maximum Gasteiger partial charge on any atom is 0.0633 e. The van der Waals surface area contributed by atoms with Gasteiger partial charge in [-0.05, 0) is 35.9 Å². The topological polar surface area (TPSA) is 24.4 Å². The highest BCUT2D eigenvalue weighted by atomic mass is 14.8. The van der Waals surface area contributed by atoms with Crippen LogP contribution in [0.5, 0.6) is 0 Å². The average Bonchev–Trinajstić information content (AvgIpc) is 2.95. The molecule has 0 bridgehead atoms. The summed E-state index contributed by atoms with van der Waals surface area (Å²) in [5.41, 5.74) is 4.44. The van der Waals surface area contributed by atoms with Crippen LogP contribution in [0.3, 0.4) is 0 Å². The van der Waals surface area contributed by atoms with E-state index in [0.717, 1.165) is 23.5 Å². The summed E-state index contributed by atoms with van der Waals surface area (Å²) in [6, 6.07) is 20.2. The maximum atomic E-state index is 4.62. The van der Waals surface area contributed by atoms with Crippen LogP contribution < -0.4 is 5.32 Å². The Labute approximate surface area is 119 Å². The molecule has 1 aliphatic carbocycles.